The first-order chi connectivity index (χ1) is 8.20. The Balaban J connectivity index is 2.77. The number of benzene rings is 1. The van der Waals surface area contributed by atoms with Crippen molar-refractivity contribution in [1.82, 2.24) is 4.90 Å². The normalized spacial score (nSPS) is 13.9. The molecule has 0 saturated carbocycles. The lowest BCUT2D eigenvalue weighted by atomic mass is 10.1. The maximum atomic E-state index is 11.1. The molecule has 0 saturated heterocycles. The van der Waals surface area contributed by atoms with E-state index in [-0.39, 0.29) is 11.8 Å². The monoisotopic (exact) mass is 309 g/mol. The van der Waals surface area contributed by atoms with E-state index in [1.54, 1.807) is 12.1 Å². The predicted molar refractivity (Wildman–Crippen MR) is 77.2 cm³/mol. The largest absolute Gasteiger partial charge is 0.299 e. The average molecular weight is 310 g/mol. The Bertz CT molecular complexity index is 517. The molecule has 0 aliphatic rings. The Hall–Kier alpha value is -0.290. The van der Waals surface area contributed by atoms with Gasteiger partial charge in [-0.2, -0.15) is 0 Å². The third kappa shape index (κ3) is 4.76. The van der Waals surface area contributed by atoms with Crippen LogP contribution in [0.1, 0.15) is 18.5 Å². The van der Waals surface area contributed by atoms with E-state index >= 15 is 0 Å². The minimum absolute atomic E-state index is 0.0384. The number of nitrogens with zero attached hydrogens (tertiary/aromatic N) is 1. The third-order valence-electron chi connectivity index (χ3n) is 2.89. The van der Waals surface area contributed by atoms with Gasteiger partial charge in [0.1, 0.15) is 9.84 Å². The Morgan fingerprint density at radius 3 is 2.44 bits per heavy atom. The first-order valence-electron chi connectivity index (χ1n) is 5.53. The summed E-state index contributed by atoms with van der Waals surface area (Å²) in [5.41, 5.74) is 0.942. The van der Waals surface area contributed by atoms with Crippen LogP contribution in [-0.4, -0.2) is 38.9 Å². The lowest BCUT2D eigenvalue weighted by Gasteiger charge is -2.25. The number of hydrogen-bond donors (Lipinski definition) is 0. The van der Waals surface area contributed by atoms with E-state index in [2.05, 4.69) is 0 Å². The predicted octanol–water partition coefficient (Wildman–Crippen LogP) is 3.03. The van der Waals surface area contributed by atoms with Crippen LogP contribution >= 0.6 is 23.2 Å². The van der Waals surface area contributed by atoms with Crippen molar-refractivity contribution in [1.29, 1.82) is 0 Å². The van der Waals surface area contributed by atoms with Gasteiger partial charge in [0.25, 0.3) is 0 Å². The molecule has 0 aromatic heterocycles. The van der Waals surface area contributed by atoms with E-state index in [0.29, 0.717) is 16.6 Å². The zero-order valence-corrected chi connectivity index (χ0v) is 13.0. The van der Waals surface area contributed by atoms with Crippen LogP contribution in [0.2, 0.25) is 10.0 Å². The summed E-state index contributed by atoms with van der Waals surface area (Å²) in [6, 6.07) is 5.38. The summed E-state index contributed by atoms with van der Waals surface area (Å²) >= 11 is 12.0. The molecule has 0 fully saturated rings. The molecule has 102 valence electrons. The van der Waals surface area contributed by atoms with Crippen molar-refractivity contribution in [2.75, 3.05) is 25.6 Å². The Morgan fingerprint density at radius 2 is 1.94 bits per heavy atom. The zero-order chi connectivity index (χ0) is 13.9. The molecule has 1 aromatic rings. The van der Waals surface area contributed by atoms with Gasteiger partial charge < -0.3 is 0 Å². The van der Waals surface area contributed by atoms with Gasteiger partial charge in [-0.05, 0) is 31.7 Å². The van der Waals surface area contributed by atoms with Crippen LogP contribution < -0.4 is 0 Å². The van der Waals surface area contributed by atoms with Gasteiger partial charge >= 0.3 is 0 Å². The van der Waals surface area contributed by atoms with Crippen LogP contribution in [0.25, 0.3) is 0 Å². The van der Waals surface area contributed by atoms with E-state index in [1.807, 2.05) is 24.9 Å². The highest BCUT2D eigenvalue weighted by molar-refractivity contribution is 7.90. The fraction of sp³-hybridized carbons (Fsp3) is 0.500. The summed E-state index contributed by atoms with van der Waals surface area (Å²) in [5, 5.41) is 1.19. The summed E-state index contributed by atoms with van der Waals surface area (Å²) in [7, 11) is -1.07. The number of hydrogen-bond acceptors (Lipinski definition) is 3. The highest BCUT2D eigenvalue weighted by Gasteiger charge is 2.16. The van der Waals surface area contributed by atoms with E-state index in [9.17, 15) is 8.42 Å². The molecule has 0 radical (unpaired) electrons. The highest BCUT2D eigenvalue weighted by atomic mass is 35.5. The quantitative estimate of drug-likeness (QED) is 0.839. The average Bonchev–Trinajstić information content (AvgIpc) is 2.24. The Labute approximate surface area is 119 Å². The molecule has 0 bridgehead atoms. The van der Waals surface area contributed by atoms with Crippen LogP contribution in [0.3, 0.4) is 0 Å². The van der Waals surface area contributed by atoms with Gasteiger partial charge in [-0.3, -0.25) is 4.90 Å². The Morgan fingerprint density at radius 1 is 1.33 bits per heavy atom. The molecular formula is C12H17Cl2NO2S. The van der Waals surface area contributed by atoms with Crippen LogP contribution in [-0.2, 0) is 9.84 Å². The summed E-state index contributed by atoms with van der Waals surface area (Å²) < 4.78 is 22.3. The van der Waals surface area contributed by atoms with Gasteiger partial charge in [-0.25, -0.2) is 8.42 Å². The lowest BCUT2D eigenvalue weighted by Crippen LogP contribution is -2.28. The second kappa shape index (κ2) is 6.24. The maximum Gasteiger partial charge on any atom is 0.148 e. The Kier molecular flexibility index (Phi) is 5.46. The van der Waals surface area contributed by atoms with Gasteiger partial charge in [0.2, 0.25) is 0 Å². The molecule has 18 heavy (non-hydrogen) atoms. The van der Waals surface area contributed by atoms with Crippen molar-refractivity contribution >= 4 is 33.0 Å². The highest BCUT2D eigenvalue weighted by Crippen LogP contribution is 2.28. The molecule has 0 aliphatic carbocycles. The lowest BCUT2D eigenvalue weighted by molar-refractivity contribution is 0.277. The van der Waals surface area contributed by atoms with Crippen molar-refractivity contribution < 1.29 is 8.42 Å². The SMILES string of the molecule is C[C@@H](c1ccc(Cl)cc1Cl)N(C)CCS(C)(=O)=O. The molecule has 0 unspecified atom stereocenters. The zero-order valence-electron chi connectivity index (χ0n) is 10.7. The minimum Gasteiger partial charge on any atom is -0.299 e. The first kappa shape index (κ1) is 15.8. The topological polar surface area (TPSA) is 37.4 Å². The molecule has 0 heterocycles. The molecule has 0 aliphatic heterocycles. The summed E-state index contributed by atoms with van der Waals surface area (Å²) in [6.07, 6.45) is 1.24. The number of sulfone groups is 1. The number of halogens is 2. The molecule has 1 rings (SSSR count). The summed E-state index contributed by atoms with van der Waals surface area (Å²) in [5.74, 6) is 0.138. The third-order valence-corrected chi connectivity index (χ3v) is 4.38. The fourth-order valence-electron chi connectivity index (χ4n) is 1.58. The molecule has 3 nitrogen and oxygen atoms in total. The van der Waals surface area contributed by atoms with Gasteiger partial charge in [0.05, 0.1) is 5.75 Å². The molecule has 0 amide bonds. The molecule has 0 N–H and O–H groups in total. The van der Waals surface area contributed by atoms with Crippen LogP contribution in [0.15, 0.2) is 18.2 Å². The van der Waals surface area contributed by atoms with Crippen molar-refractivity contribution in [2.45, 2.75) is 13.0 Å². The second-order valence-corrected chi connectivity index (χ2v) is 7.56. The van der Waals surface area contributed by atoms with Crippen molar-refractivity contribution in [3.05, 3.63) is 33.8 Å². The van der Waals surface area contributed by atoms with Gasteiger partial charge in [0, 0.05) is 28.9 Å². The number of rotatable bonds is 5. The smallest absolute Gasteiger partial charge is 0.148 e. The first-order valence-corrected chi connectivity index (χ1v) is 8.35. The summed E-state index contributed by atoms with van der Waals surface area (Å²) in [6.45, 7) is 2.45. The second-order valence-electron chi connectivity index (χ2n) is 4.45. The minimum atomic E-state index is -2.95. The van der Waals surface area contributed by atoms with E-state index in [4.69, 9.17) is 23.2 Å². The standard InChI is InChI=1S/C12H17Cl2NO2S/c1-9(15(2)6-7-18(3,16)17)11-5-4-10(13)8-12(11)14/h4-5,8-9H,6-7H2,1-3H3/t9-/m0/s1. The van der Waals surface area contributed by atoms with E-state index in [0.717, 1.165) is 5.56 Å². The van der Waals surface area contributed by atoms with Crippen LogP contribution in [0, 0.1) is 0 Å². The van der Waals surface area contributed by atoms with Crippen molar-refractivity contribution in [2.24, 2.45) is 0 Å². The van der Waals surface area contributed by atoms with Crippen LogP contribution in [0.4, 0.5) is 0 Å². The van der Waals surface area contributed by atoms with E-state index < -0.39 is 9.84 Å². The van der Waals surface area contributed by atoms with Crippen molar-refractivity contribution in [3.63, 3.8) is 0 Å². The molecule has 0 spiro atoms. The molecule has 1 atom stereocenters. The van der Waals surface area contributed by atoms with Gasteiger partial charge in [-0.1, -0.05) is 29.3 Å². The van der Waals surface area contributed by atoms with Gasteiger partial charge in [0.15, 0.2) is 0 Å². The van der Waals surface area contributed by atoms with E-state index in [1.165, 1.54) is 6.26 Å². The summed E-state index contributed by atoms with van der Waals surface area (Å²) in [4.78, 5) is 1.95. The fourth-order valence-corrected chi connectivity index (χ4v) is 2.77. The van der Waals surface area contributed by atoms with Gasteiger partial charge in [-0.15, -0.1) is 0 Å². The molecule has 6 heteroatoms. The van der Waals surface area contributed by atoms with Crippen LogP contribution in [0.5, 0.6) is 0 Å². The molecular weight excluding hydrogens is 293 g/mol. The molecule has 1 aromatic carbocycles. The maximum absolute atomic E-state index is 11.1. The van der Waals surface area contributed by atoms with Crippen molar-refractivity contribution in [3.8, 4) is 0 Å².